The van der Waals surface area contributed by atoms with E-state index in [1.165, 1.54) is 5.56 Å². The van der Waals surface area contributed by atoms with Gasteiger partial charge in [0.15, 0.2) is 11.6 Å². The monoisotopic (exact) mass is 581 g/mol. The van der Waals surface area contributed by atoms with Crippen LogP contribution in [0.2, 0.25) is 10.0 Å². The van der Waals surface area contributed by atoms with Crippen molar-refractivity contribution in [3.8, 4) is 5.75 Å². The predicted octanol–water partition coefficient (Wildman–Crippen LogP) is 5.76. The highest BCUT2D eigenvalue weighted by Crippen LogP contribution is 2.45. The summed E-state index contributed by atoms with van der Waals surface area (Å²) in [6.07, 6.45) is 2.30. The summed E-state index contributed by atoms with van der Waals surface area (Å²) in [5.74, 6) is 0.585. The number of aliphatic hydroxyl groups is 1. The van der Waals surface area contributed by atoms with Crippen LogP contribution in [-0.4, -0.2) is 42.2 Å². The molecule has 0 bridgehead atoms. The van der Waals surface area contributed by atoms with Crippen molar-refractivity contribution >= 4 is 35.0 Å². The maximum atomic E-state index is 13.8. The molecule has 40 heavy (non-hydrogen) atoms. The fourth-order valence-electron chi connectivity index (χ4n) is 4.44. The predicted molar refractivity (Wildman–Crippen MR) is 159 cm³/mol. The summed E-state index contributed by atoms with van der Waals surface area (Å²) in [4.78, 5) is 18.7. The van der Waals surface area contributed by atoms with E-state index in [0.717, 1.165) is 12.0 Å². The molecule has 0 saturated heterocycles. The Morgan fingerprint density at radius 2 is 1.90 bits per heavy atom. The van der Waals surface area contributed by atoms with Crippen molar-refractivity contribution in [2.45, 2.75) is 37.8 Å². The van der Waals surface area contributed by atoms with Gasteiger partial charge in [-0.2, -0.15) is 0 Å². The van der Waals surface area contributed by atoms with E-state index in [9.17, 15) is 4.79 Å². The first-order chi connectivity index (χ1) is 19.4. The lowest BCUT2D eigenvalue weighted by Gasteiger charge is -2.30. The molecule has 9 heteroatoms. The van der Waals surface area contributed by atoms with Gasteiger partial charge >= 0.3 is 0 Å². The van der Waals surface area contributed by atoms with Crippen molar-refractivity contribution < 1.29 is 19.4 Å². The van der Waals surface area contributed by atoms with Crippen molar-refractivity contribution in [1.82, 2.24) is 10.9 Å². The summed E-state index contributed by atoms with van der Waals surface area (Å²) in [5, 5.41) is 9.82. The average molecular weight is 583 g/mol. The van der Waals surface area contributed by atoms with E-state index < -0.39 is 11.6 Å². The number of benzene rings is 3. The number of hydrazine groups is 1. The van der Waals surface area contributed by atoms with Crippen LogP contribution in [0.1, 0.15) is 41.2 Å². The summed E-state index contributed by atoms with van der Waals surface area (Å²) in [5.41, 5.74) is 8.13. The van der Waals surface area contributed by atoms with Gasteiger partial charge in [-0.05, 0) is 55.3 Å². The first kappa shape index (κ1) is 29.6. The van der Waals surface area contributed by atoms with Crippen LogP contribution < -0.4 is 15.6 Å². The number of ether oxygens (including phenoxy) is 2. The smallest absolute Gasteiger partial charge is 0.266 e. The number of hydrogen-bond donors (Lipinski definition) is 3. The third kappa shape index (κ3) is 7.04. The van der Waals surface area contributed by atoms with E-state index in [1.54, 1.807) is 36.4 Å². The molecule has 1 heterocycles. The van der Waals surface area contributed by atoms with Crippen molar-refractivity contribution in [1.29, 1.82) is 0 Å². The molecule has 0 fully saturated rings. The molecule has 0 saturated carbocycles. The van der Waals surface area contributed by atoms with Gasteiger partial charge in [0.2, 0.25) is 5.90 Å². The molecule has 1 aliphatic heterocycles. The van der Waals surface area contributed by atoms with Gasteiger partial charge < -0.3 is 14.6 Å². The number of carbonyl (C=O) groups excluding carboxylic acids is 1. The molecule has 1 aliphatic rings. The van der Waals surface area contributed by atoms with Crippen LogP contribution in [-0.2, 0) is 16.0 Å². The maximum Gasteiger partial charge on any atom is 0.266 e. The number of nitrogens with one attached hydrogen (secondary N) is 2. The summed E-state index contributed by atoms with van der Waals surface area (Å²) < 4.78 is 12.0. The van der Waals surface area contributed by atoms with Crippen LogP contribution in [0.5, 0.6) is 5.75 Å². The summed E-state index contributed by atoms with van der Waals surface area (Å²) in [6, 6.07) is 20.6. The van der Waals surface area contributed by atoms with Crippen molar-refractivity contribution in [3.63, 3.8) is 0 Å². The third-order valence-corrected chi connectivity index (χ3v) is 7.15. The second-order valence-corrected chi connectivity index (χ2v) is 10.4. The Kier molecular flexibility index (Phi) is 10.2. The number of nitrogens with zero attached hydrogens (tertiary/aromatic N) is 1. The highest BCUT2D eigenvalue weighted by atomic mass is 35.5. The minimum atomic E-state index is -1.37. The van der Waals surface area contributed by atoms with E-state index in [0.29, 0.717) is 52.4 Å². The lowest BCUT2D eigenvalue weighted by molar-refractivity contribution is -0.129. The Labute approximate surface area is 244 Å². The second-order valence-electron chi connectivity index (χ2n) is 9.56. The van der Waals surface area contributed by atoms with Gasteiger partial charge in [0, 0.05) is 47.2 Å². The molecule has 1 amide bonds. The quantitative estimate of drug-likeness (QED) is 0.136. The van der Waals surface area contributed by atoms with Gasteiger partial charge in [0.25, 0.3) is 5.91 Å². The zero-order valence-corrected chi connectivity index (χ0v) is 23.8. The number of halogens is 2. The van der Waals surface area contributed by atoms with Crippen LogP contribution in [0.4, 0.5) is 0 Å². The van der Waals surface area contributed by atoms with Gasteiger partial charge in [-0.25, -0.2) is 10.4 Å². The van der Waals surface area contributed by atoms with Crippen LogP contribution in [0.3, 0.4) is 0 Å². The van der Waals surface area contributed by atoms with Gasteiger partial charge in [-0.1, -0.05) is 65.2 Å². The summed E-state index contributed by atoms with van der Waals surface area (Å²) in [7, 11) is 0. The highest BCUT2D eigenvalue weighted by Gasteiger charge is 2.53. The van der Waals surface area contributed by atoms with E-state index in [1.807, 2.05) is 19.1 Å². The number of carbonyl (C=O) groups is 1. The fraction of sp³-hybridized carbons (Fsp3) is 0.290. The van der Waals surface area contributed by atoms with E-state index in [-0.39, 0.29) is 18.9 Å². The van der Waals surface area contributed by atoms with Crippen molar-refractivity contribution in [2.24, 2.45) is 4.99 Å². The minimum Gasteiger partial charge on any atom is -0.494 e. The van der Waals surface area contributed by atoms with Gasteiger partial charge in [0.1, 0.15) is 5.75 Å². The molecule has 7 nitrogen and oxygen atoms in total. The maximum absolute atomic E-state index is 13.8. The van der Waals surface area contributed by atoms with Crippen molar-refractivity contribution in [2.75, 3.05) is 19.8 Å². The number of aliphatic imine (C=N–C) groups is 1. The molecule has 0 aliphatic carbocycles. The average Bonchev–Trinajstić information content (AvgIpc) is 3.33. The van der Waals surface area contributed by atoms with Gasteiger partial charge in [-0.3, -0.25) is 10.2 Å². The molecule has 210 valence electrons. The molecule has 0 spiro atoms. The normalized spacial score (nSPS) is 18.1. The largest absolute Gasteiger partial charge is 0.494 e. The summed E-state index contributed by atoms with van der Waals surface area (Å²) in [6.45, 7) is 6.93. The van der Waals surface area contributed by atoms with E-state index >= 15 is 0 Å². The first-order valence-electron chi connectivity index (χ1n) is 13.1. The van der Waals surface area contributed by atoms with Gasteiger partial charge in [0.05, 0.1) is 6.61 Å². The summed E-state index contributed by atoms with van der Waals surface area (Å²) >= 11 is 12.8. The lowest BCUT2D eigenvalue weighted by atomic mass is 9.84. The molecule has 0 unspecified atom stereocenters. The first-order valence-corrected chi connectivity index (χ1v) is 13.9. The number of aryl methyl sites for hydroxylation is 1. The third-order valence-electron chi connectivity index (χ3n) is 6.59. The number of aliphatic hydroxyl groups excluding tert-OH is 1. The van der Waals surface area contributed by atoms with Crippen LogP contribution >= 0.6 is 23.2 Å². The zero-order chi connectivity index (χ0) is 28.5. The molecule has 4 rings (SSSR count). The van der Waals surface area contributed by atoms with E-state index in [2.05, 4.69) is 41.7 Å². The standard InChI is InChI=1S/C31H33Cl2N3O4/c1-3-16-31(30(38)36-34-17-15-22-7-5-21(2)6-8-22)28(26-14-11-24(32)20-27(26)33)40-29(35-31)23-9-12-25(13-10-23)39-19-4-18-37/h3,5-14,20,28,34,37H,1,4,15-19H2,2H3,(H,36,38)/t28-,31-/m0/s1. The SMILES string of the molecule is C=CC[C@]1(C(=O)NNCCc2ccc(C)cc2)N=C(c2ccc(OCCCO)cc2)O[C@H]1c1ccc(Cl)cc1Cl. The van der Waals surface area contributed by atoms with E-state index in [4.69, 9.17) is 42.8 Å². The molecular formula is C31H33Cl2N3O4. The number of hydrogen-bond acceptors (Lipinski definition) is 6. The number of amides is 1. The number of rotatable bonds is 13. The fourth-order valence-corrected chi connectivity index (χ4v) is 4.95. The molecule has 0 radical (unpaired) electrons. The van der Waals surface area contributed by atoms with Crippen molar-refractivity contribution in [3.05, 3.63) is 112 Å². The Bertz CT molecular complexity index is 1350. The highest BCUT2D eigenvalue weighted by molar-refractivity contribution is 6.35. The Balaban J connectivity index is 1.59. The molecule has 3 N–H and O–H groups in total. The topological polar surface area (TPSA) is 92.2 Å². The Morgan fingerprint density at radius 3 is 2.58 bits per heavy atom. The van der Waals surface area contributed by atoms with Gasteiger partial charge in [-0.15, -0.1) is 6.58 Å². The molecule has 0 aromatic heterocycles. The molecular weight excluding hydrogens is 549 g/mol. The molecule has 3 aromatic carbocycles. The molecule has 3 aromatic rings. The Hall–Kier alpha value is -3.36. The van der Waals surface area contributed by atoms with Crippen LogP contribution in [0, 0.1) is 6.92 Å². The van der Waals surface area contributed by atoms with Crippen LogP contribution in [0.15, 0.2) is 84.4 Å². The second kappa shape index (κ2) is 13.8. The minimum absolute atomic E-state index is 0.0611. The zero-order valence-electron chi connectivity index (χ0n) is 22.3. The Morgan fingerprint density at radius 1 is 1.15 bits per heavy atom. The molecule has 2 atom stereocenters. The lowest BCUT2D eigenvalue weighted by Crippen LogP contribution is -2.52. The van der Waals surface area contributed by atoms with Crippen LogP contribution in [0.25, 0.3) is 0 Å².